The van der Waals surface area contributed by atoms with Crippen LogP contribution in [0.3, 0.4) is 0 Å². The molecule has 0 bridgehead atoms. The van der Waals surface area contributed by atoms with Crippen LogP contribution in [0.4, 0.5) is 0 Å². The predicted molar refractivity (Wildman–Crippen MR) is 115 cm³/mol. The van der Waals surface area contributed by atoms with Crippen molar-refractivity contribution in [2.45, 2.75) is 45.4 Å². The fourth-order valence-electron chi connectivity index (χ4n) is 5.10. The van der Waals surface area contributed by atoms with E-state index in [0.29, 0.717) is 18.5 Å². The highest BCUT2D eigenvalue weighted by Crippen LogP contribution is 2.48. The number of benzene rings is 1. The van der Waals surface area contributed by atoms with Gasteiger partial charge >= 0.3 is 11.9 Å². The number of fused-ring (bicyclic) bond motifs is 1. The summed E-state index contributed by atoms with van der Waals surface area (Å²) in [5.41, 5.74) is -0.0647. The molecule has 1 fully saturated rings. The number of rotatable bonds is 7. The second-order valence-corrected chi connectivity index (χ2v) is 8.54. The zero-order chi connectivity index (χ0) is 22.6. The lowest BCUT2D eigenvalue weighted by molar-refractivity contribution is -0.170. The summed E-state index contributed by atoms with van der Waals surface area (Å²) in [6, 6.07) is 9.40. The largest absolute Gasteiger partial charge is 0.481 e. The molecule has 4 N–H and O–H groups in total. The van der Waals surface area contributed by atoms with Crippen LogP contribution < -0.4 is 5.84 Å². The van der Waals surface area contributed by atoms with Gasteiger partial charge in [0.2, 0.25) is 5.91 Å². The Labute approximate surface area is 182 Å². The van der Waals surface area contributed by atoms with Crippen molar-refractivity contribution in [3.8, 4) is 0 Å². The highest BCUT2D eigenvalue weighted by molar-refractivity contribution is 5.93. The molecule has 7 nitrogen and oxygen atoms in total. The summed E-state index contributed by atoms with van der Waals surface area (Å²) in [5.74, 6) is 0.988. The molecule has 0 aromatic heterocycles. The van der Waals surface area contributed by atoms with Crippen LogP contribution in [-0.2, 0) is 20.8 Å². The lowest BCUT2D eigenvalue weighted by atomic mass is 9.60. The monoisotopic (exact) mass is 426 g/mol. The minimum Gasteiger partial charge on any atom is -0.481 e. The standard InChI is InChI=1S/C24H30N2O5/c1-16(21(27)28)24(19(22(29)30)14-13-17-8-3-2-4-9-17)15-7-11-18-10-5-6-12-20(18)26(25)23(24)31/h2-6,8-9,12,16,18-19H,7,10-11,13-15,25H2,1H3,(H,27,28)(H,29,30). The van der Waals surface area contributed by atoms with Crippen LogP contribution in [0.1, 0.15) is 44.6 Å². The molecule has 3 rings (SSSR count). The summed E-state index contributed by atoms with van der Waals surface area (Å²) < 4.78 is 0. The quantitative estimate of drug-likeness (QED) is 0.454. The Hall–Kier alpha value is -2.93. The SMILES string of the molecule is CC(C(=O)O)C1(C(CCc2ccccc2)C(=O)O)CCCC2CC=CC=C2N(N)C1=O. The molecule has 1 aromatic carbocycles. The summed E-state index contributed by atoms with van der Waals surface area (Å²) in [5, 5.41) is 21.1. The molecule has 1 aliphatic carbocycles. The average Bonchev–Trinajstić information content (AvgIpc) is 2.76. The predicted octanol–water partition coefficient (Wildman–Crippen LogP) is 3.37. The second kappa shape index (κ2) is 9.47. The van der Waals surface area contributed by atoms with E-state index in [1.807, 2.05) is 42.5 Å². The minimum absolute atomic E-state index is 0.0738. The number of hydrazine groups is 1. The summed E-state index contributed by atoms with van der Waals surface area (Å²) in [4.78, 5) is 38.4. The number of carbonyl (C=O) groups is 3. The fraction of sp³-hybridized carbons (Fsp3) is 0.458. The van der Waals surface area contributed by atoms with Gasteiger partial charge in [0.15, 0.2) is 0 Å². The van der Waals surface area contributed by atoms with Crippen molar-refractivity contribution in [3.63, 3.8) is 0 Å². The third kappa shape index (κ3) is 4.42. The van der Waals surface area contributed by atoms with Crippen LogP contribution in [0.2, 0.25) is 0 Å². The first kappa shape index (κ1) is 22.7. The molecule has 4 unspecified atom stereocenters. The van der Waals surface area contributed by atoms with Gasteiger partial charge in [-0.25, -0.2) is 5.84 Å². The maximum atomic E-state index is 13.8. The zero-order valence-corrected chi connectivity index (χ0v) is 17.7. The van der Waals surface area contributed by atoms with Crippen molar-refractivity contribution in [1.82, 2.24) is 5.01 Å². The third-order valence-corrected chi connectivity index (χ3v) is 6.91. The molecule has 166 valence electrons. The van der Waals surface area contributed by atoms with Crippen molar-refractivity contribution < 1.29 is 24.6 Å². The maximum Gasteiger partial charge on any atom is 0.307 e. The van der Waals surface area contributed by atoms with E-state index in [2.05, 4.69) is 0 Å². The fourth-order valence-corrected chi connectivity index (χ4v) is 5.10. The smallest absolute Gasteiger partial charge is 0.307 e. The van der Waals surface area contributed by atoms with E-state index in [4.69, 9.17) is 5.84 Å². The summed E-state index contributed by atoms with van der Waals surface area (Å²) in [7, 11) is 0. The molecule has 1 aliphatic heterocycles. The first-order valence-electron chi connectivity index (χ1n) is 10.7. The van der Waals surface area contributed by atoms with Gasteiger partial charge in [0, 0.05) is 11.6 Å². The van der Waals surface area contributed by atoms with Gasteiger partial charge in [-0.1, -0.05) is 55.8 Å². The van der Waals surface area contributed by atoms with Crippen LogP contribution in [0.25, 0.3) is 0 Å². The van der Waals surface area contributed by atoms with Gasteiger partial charge in [-0.05, 0) is 43.7 Å². The number of carboxylic acid groups (broad SMARTS) is 2. The number of allylic oxidation sites excluding steroid dienone is 4. The molecule has 0 spiro atoms. The average molecular weight is 427 g/mol. The molecule has 2 aliphatic rings. The van der Waals surface area contributed by atoms with E-state index >= 15 is 0 Å². The number of hydrogen-bond acceptors (Lipinski definition) is 4. The molecule has 4 atom stereocenters. The molecular formula is C24H30N2O5. The summed E-state index contributed by atoms with van der Waals surface area (Å²) in [6.45, 7) is 1.43. The Morgan fingerprint density at radius 2 is 1.94 bits per heavy atom. The number of carboxylic acids is 2. The lowest BCUT2D eigenvalue weighted by Crippen LogP contribution is -2.58. The minimum atomic E-state index is -1.63. The van der Waals surface area contributed by atoms with Crippen molar-refractivity contribution in [1.29, 1.82) is 0 Å². The number of hydrogen-bond donors (Lipinski definition) is 3. The highest BCUT2D eigenvalue weighted by atomic mass is 16.4. The molecule has 7 heteroatoms. The zero-order valence-electron chi connectivity index (χ0n) is 17.7. The number of amides is 1. The first-order valence-corrected chi connectivity index (χ1v) is 10.7. The topological polar surface area (TPSA) is 121 Å². The Morgan fingerprint density at radius 1 is 1.23 bits per heavy atom. The van der Waals surface area contributed by atoms with E-state index in [1.54, 1.807) is 6.08 Å². The van der Waals surface area contributed by atoms with Crippen LogP contribution in [0, 0.1) is 23.2 Å². The number of aliphatic carboxylic acids is 2. The number of nitrogens with zero attached hydrogens (tertiary/aromatic N) is 1. The highest BCUT2D eigenvalue weighted by Gasteiger charge is 2.57. The van der Waals surface area contributed by atoms with Gasteiger partial charge in [-0.2, -0.15) is 0 Å². The molecule has 0 saturated carbocycles. The second-order valence-electron chi connectivity index (χ2n) is 8.54. The molecular weight excluding hydrogens is 396 g/mol. The van der Waals surface area contributed by atoms with E-state index in [0.717, 1.165) is 23.4 Å². The van der Waals surface area contributed by atoms with Crippen molar-refractivity contribution >= 4 is 17.8 Å². The van der Waals surface area contributed by atoms with Crippen LogP contribution in [0.5, 0.6) is 0 Å². The molecule has 1 saturated heterocycles. The van der Waals surface area contributed by atoms with Gasteiger partial charge in [0.25, 0.3) is 0 Å². The van der Waals surface area contributed by atoms with Gasteiger partial charge in [-0.3, -0.25) is 19.4 Å². The molecule has 0 radical (unpaired) electrons. The third-order valence-electron chi connectivity index (χ3n) is 6.91. The number of carbonyl (C=O) groups excluding carboxylic acids is 1. The van der Waals surface area contributed by atoms with E-state index < -0.39 is 35.1 Å². The van der Waals surface area contributed by atoms with Crippen molar-refractivity contribution in [3.05, 3.63) is 59.8 Å². The van der Waals surface area contributed by atoms with Gasteiger partial charge < -0.3 is 10.2 Å². The number of aryl methyl sites for hydroxylation is 1. The van der Waals surface area contributed by atoms with Crippen molar-refractivity contribution in [2.24, 2.45) is 29.0 Å². The maximum absolute atomic E-state index is 13.8. The number of nitrogens with two attached hydrogens (primary N) is 1. The van der Waals surface area contributed by atoms with E-state index in [1.165, 1.54) is 6.92 Å². The van der Waals surface area contributed by atoms with E-state index in [9.17, 15) is 24.6 Å². The Balaban J connectivity index is 2.04. The summed E-state index contributed by atoms with van der Waals surface area (Å²) in [6.07, 6.45) is 8.40. The van der Waals surface area contributed by atoms with Gasteiger partial charge in [-0.15, -0.1) is 0 Å². The Morgan fingerprint density at radius 3 is 2.58 bits per heavy atom. The van der Waals surface area contributed by atoms with Crippen LogP contribution in [-0.4, -0.2) is 33.1 Å². The summed E-state index contributed by atoms with van der Waals surface area (Å²) >= 11 is 0. The normalized spacial score (nSPS) is 25.6. The molecule has 1 aromatic rings. The molecule has 1 amide bonds. The molecule has 31 heavy (non-hydrogen) atoms. The Kier molecular flexibility index (Phi) is 6.95. The van der Waals surface area contributed by atoms with Gasteiger partial charge in [0.1, 0.15) is 0 Å². The van der Waals surface area contributed by atoms with E-state index in [-0.39, 0.29) is 18.8 Å². The van der Waals surface area contributed by atoms with Crippen molar-refractivity contribution in [2.75, 3.05) is 0 Å². The van der Waals surface area contributed by atoms with Crippen LogP contribution in [0.15, 0.2) is 54.3 Å². The Bertz CT molecular complexity index is 894. The van der Waals surface area contributed by atoms with Crippen LogP contribution >= 0.6 is 0 Å². The first-order chi connectivity index (χ1) is 14.8. The molecule has 1 heterocycles. The van der Waals surface area contributed by atoms with Gasteiger partial charge in [0.05, 0.1) is 17.3 Å². The lowest BCUT2D eigenvalue weighted by Gasteiger charge is -2.45.